The first-order valence-corrected chi connectivity index (χ1v) is 7.20. The van der Waals surface area contributed by atoms with Gasteiger partial charge in [0.05, 0.1) is 6.26 Å². The number of furan rings is 1. The van der Waals surface area contributed by atoms with Gasteiger partial charge < -0.3 is 4.42 Å². The summed E-state index contributed by atoms with van der Waals surface area (Å²) in [5, 5.41) is 0.963. The second-order valence-corrected chi connectivity index (χ2v) is 5.36. The highest BCUT2D eigenvalue weighted by atomic mass is 32.2. The van der Waals surface area contributed by atoms with Crippen LogP contribution in [0.2, 0.25) is 0 Å². The maximum atomic E-state index is 11.6. The van der Waals surface area contributed by atoms with E-state index in [1.807, 2.05) is 16.3 Å². The van der Waals surface area contributed by atoms with Gasteiger partial charge in [-0.25, -0.2) is 8.42 Å². The van der Waals surface area contributed by atoms with Crippen LogP contribution in [0, 0.1) is 0 Å². The number of carbonyl (C=O) groups excluding carboxylic acids is 1. The molecular formula is C13H12N2O4S. The van der Waals surface area contributed by atoms with E-state index in [4.69, 9.17) is 4.42 Å². The van der Waals surface area contributed by atoms with Gasteiger partial charge in [0, 0.05) is 5.41 Å². The van der Waals surface area contributed by atoms with Gasteiger partial charge in [-0.3, -0.25) is 10.2 Å². The lowest BCUT2D eigenvalue weighted by Gasteiger charge is -2.03. The van der Waals surface area contributed by atoms with E-state index in [1.165, 1.54) is 24.5 Å². The minimum absolute atomic E-state index is 0.0136. The summed E-state index contributed by atoms with van der Waals surface area (Å²) in [7, 11) is -3.77. The average molecular weight is 292 g/mol. The van der Waals surface area contributed by atoms with Gasteiger partial charge in [0.25, 0.3) is 10.0 Å². The SMILES string of the molecule is O=C(NNS(=O)(=O)/C=C/c1ccccc1)c1ccco1. The van der Waals surface area contributed by atoms with Gasteiger partial charge in [-0.15, -0.1) is 4.83 Å². The van der Waals surface area contributed by atoms with Crippen molar-refractivity contribution in [1.29, 1.82) is 0 Å². The van der Waals surface area contributed by atoms with Crippen molar-refractivity contribution < 1.29 is 17.6 Å². The summed E-state index contributed by atoms with van der Waals surface area (Å²) in [6.07, 6.45) is 2.74. The predicted molar refractivity (Wildman–Crippen MR) is 73.7 cm³/mol. The van der Waals surface area contributed by atoms with E-state index in [2.05, 4.69) is 0 Å². The molecule has 0 aliphatic rings. The molecule has 7 heteroatoms. The fraction of sp³-hybridized carbons (Fsp3) is 0. The van der Waals surface area contributed by atoms with Gasteiger partial charge in [-0.05, 0) is 23.8 Å². The molecule has 0 saturated carbocycles. The molecule has 20 heavy (non-hydrogen) atoms. The van der Waals surface area contributed by atoms with Crippen molar-refractivity contribution in [3.05, 3.63) is 65.5 Å². The third-order valence-electron chi connectivity index (χ3n) is 2.29. The van der Waals surface area contributed by atoms with E-state index < -0.39 is 15.9 Å². The quantitative estimate of drug-likeness (QED) is 0.818. The van der Waals surface area contributed by atoms with Crippen LogP contribution in [0.5, 0.6) is 0 Å². The summed E-state index contributed by atoms with van der Waals surface area (Å²) >= 11 is 0. The maximum absolute atomic E-state index is 11.6. The molecular weight excluding hydrogens is 280 g/mol. The fourth-order valence-corrected chi connectivity index (χ4v) is 1.99. The molecule has 1 aromatic carbocycles. The van der Waals surface area contributed by atoms with E-state index in [0.717, 1.165) is 11.0 Å². The summed E-state index contributed by atoms with van der Waals surface area (Å²) in [4.78, 5) is 13.4. The Labute approximate surface area is 116 Å². The minimum atomic E-state index is -3.77. The summed E-state index contributed by atoms with van der Waals surface area (Å²) in [6.45, 7) is 0. The van der Waals surface area contributed by atoms with Crippen molar-refractivity contribution in [2.75, 3.05) is 0 Å². The van der Waals surface area contributed by atoms with Gasteiger partial charge in [0.1, 0.15) is 0 Å². The Morgan fingerprint density at radius 3 is 2.50 bits per heavy atom. The molecule has 0 aliphatic heterocycles. The lowest BCUT2D eigenvalue weighted by atomic mass is 10.2. The van der Waals surface area contributed by atoms with Crippen molar-refractivity contribution in [3.8, 4) is 0 Å². The minimum Gasteiger partial charge on any atom is -0.459 e. The third kappa shape index (κ3) is 4.08. The number of rotatable bonds is 5. The molecule has 2 rings (SSSR count). The van der Waals surface area contributed by atoms with Crippen LogP contribution in [0.25, 0.3) is 6.08 Å². The molecule has 0 saturated heterocycles. The third-order valence-corrected chi connectivity index (χ3v) is 3.17. The Morgan fingerprint density at radius 2 is 1.85 bits per heavy atom. The summed E-state index contributed by atoms with van der Waals surface area (Å²) < 4.78 is 28.1. The lowest BCUT2D eigenvalue weighted by molar-refractivity contribution is 0.0917. The molecule has 0 atom stereocenters. The molecule has 1 heterocycles. The standard InChI is InChI=1S/C13H12N2O4S/c16-13(12-7-4-9-19-12)14-15-20(17,18)10-8-11-5-2-1-3-6-11/h1-10,15H,(H,14,16)/b10-8+. The van der Waals surface area contributed by atoms with E-state index in [1.54, 1.807) is 24.3 Å². The Bertz CT molecular complexity index is 691. The smallest absolute Gasteiger partial charge is 0.301 e. The number of nitrogens with one attached hydrogen (secondary N) is 2. The predicted octanol–water partition coefficient (Wildman–Crippen LogP) is 1.51. The monoisotopic (exact) mass is 292 g/mol. The molecule has 6 nitrogen and oxygen atoms in total. The van der Waals surface area contributed by atoms with Gasteiger partial charge in [-0.1, -0.05) is 30.3 Å². The number of amides is 1. The second kappa shape index (κ2) is 6.18. The Kier molecular flexibility index (Phi) is 4.34. The summed E-state index contributed by atoms with van der Waals surface area (Å²) in [5.41, 5.74) is 2.77. The molecule has 2 N–H and O–H groups in total. The Hall–Kier alpha value is -2.38. The number of hydrogen-bond donors (Lipinski definition) is 2. The van der Waals surface area contributed by atoms with E-state index >= 15 is 0 Å². The first kappa shape index (κ1) is 14.0. The summed E-state index contributed by atoms with van der Waals surface area (Å²) in [6, 6.07) is 11.9. The largest absolute Gasteiger partial charge is 0.459 e. The van der Waals surface area contributed by atoms with Crippen LogP contribution in [0.1, 0.15) is 16.1 Å². The molecule has 0 fully saturated rings. The van der Waals surface area contributed by atoms with Crippen molar-refractivity contribution in [3.63, 3.8) is 0 Å². The van der Waals surface area contributed by atoms with Crippen LogP contribution in [0.3, 0.4) is 0 Å². The second-order valence-electron chi connectivity index (χ2n) is 3.79. The zero-order chi connectivity index (χ0) is 14.4. The number of benzene rings is 1. The fourth-order valence-electron chi connectivity index (χ4n) is 1.35. The van der Waals surface area contributed by atoms with Crippen LogP contribution in [0.15, 0.2) is 58.6 Å². The normalized spacial score (nSPS) is 11.6. The number of hydrogen-bond acceptors (Lipinski definition) is 4. The highest BCUT2D eigenvalue weighted by molar-refractivity contribution is 7.92. The van der Waals surface area contributed by atoms with Gasteiger partial charge in [0.15, 0.2) is 5.76 Å². The first-order chi connectivity index (χ1) is 9.57. The van der Waals surface area contributed by atoms with Gasteiger partial charge >= 0.3 is 5.91 Å². The molecule has 104 valence electrons. The topological polar surface area (TPSA) is 88.4 Å². The number of carbonyl (C=O) groups is 1. The highest BCUT2D eigenvalue weighted by Crippen LogP contribution is 2.02. The molecule has 0 bridgehead atoms. The van der Waals surface area contributed by atoms with Crippen molar-refractivity contribution in [2.45, 2.75) is 0 Å². The van der Waals surface area contributed by atoms with E-state index in [9.17, 15) is 13.2 Å². The lowest BCUT2D eigenvalue weighted by Crippen LogP contribution is -2.40. The van der Waals surface area contributed by atoms with Crippen LogP contribution in [-0.4, -0.2) is 14.3 Å². The van der Waals surface area contributed by atoms with Crippen LogP contribution >= 0.6 is 0 Å². The van der Waals surface area contributed by atoms with Crippen LogP contribution in [-0.2, 0) is 10.0 Å². The first-order valence-electron chi connectivity index (χ1n) is 5.66. The molecule has 0 spiro atoms. The average Bonchev–Trinajstić information content (AvgIpc) is 2.98. The highest BCUT2D eigenvalue weighted by Gasteiger charge is 2.11. The molecule has 0 radical (unpaired) electrons. The molecule has 1 amide bonds. The van der Waals surface area contributed by atoms with Gasteiger partial charge in [0.2, 0.25) is 0 Å². The Balaban J connectivity index is 1.95. The van der Waals surface area contributed by atoms with Crippen LogP contribution < -0.4 is 10.3 Å². The molecule has 2 aromatic rings. The molecule has 0 unspecified atom stereocenters. The van der Waals surface area contributed by atoms with E-state index in [0.29, 0.717) is 0 Å². The molecule has 1 aromatic heterocycles. The van der Waals surface area contributed by atoms with Gasteiger partial charge in [-0.2, -0.15) is 0 Å². The van der Waals surface area contributed by atoms with Crippen LogP contribution in [0.4, 0.5) is 0 Å². The maximum Gasteiger partial charge on any atom is 0.301 e. The van der Waals surface area contributed by atoms with E-state index in [-0.39, 0.29) is 5.76 Å². The number of hydrazine groups is 1. The zero-order valence-corrected chi connectivity index (χ0v) is 11.1. The number of sulfonamides is 1. The van der Waals surface area contributed by atoms with Crippen molar-refractivity contribution >= 4 is 22.0 Å². The zero-order valence-electron chi connectivity index (χ0n) is 10.3. The Morgan fingerprint density at radius 1 is 1.10 bits per heavy atom. The van der Waals surface area contributed by atoms with Crippen molar-refractivity contribution in [1.82, 2.24) is 10.3 Å². The summed E-state index contributed by atoms with van der Waals surface area (Å²) in [5.74, 6) is -0.661. The van der Waals surface area contributed by atoms with Crippen molar-refractivity contribution in [2.24, 2.45) is 0 Å². The molecule has 0 aliphatic carbocycles.